The molecule has 1 atom stereocenters. The smallest absolute Gasteiger partial charge is 0.383 e. The van der Waals surface area contributed by atoms with Crippen molar-refractivity contribution >= 4 is 21.6 Å². The summed E-state index contributed by atoms with van der Waals surface area (Å²) in [5.74, 6) is 0. The van der Waals surface area contributed by atoms with E-state index in [-0.39, 0.29) is 18.5 Å². The van der Waals surface area contributed by atoms with Crippen molar-refractivity contribution in [2.75, 3.05) is 20.3 Å². The second-order valence-corrected chi connectivity index (χ2v) is 6.65. The molecule has 0 aromatic heterocycles. The Kier molecular flexibility index (Phi) is 6.45. The third-order valence-corrected chi connectivity index (χ3v) is 4.37. The van der Waals surface area contributed by atoms with Gasteiger partial charge in [0.25, 0.3) is 0 Å². The Morgan fingerprint density at radius 2 is 2.05 bits per heavy atom. The van der Waals surface area contributed by atoms with E-state index < -0.39 is 26.7 Å². The fourth-order valence-corrected chi connectivity index (χ4v) is 2.87. The monoisotopic (exact) mass is 345 g/mol. The van der Waals surface area contributed by atoms with Crippen LogP contribution in [0.25, 0.3) is 0 Å². The molecule has 1 aromatic rings. The second kappa shape index (κ2) is 7.44. The van der Waals surface area contributed by atoms with Gasteiger partial charge < -0.3 is 4.74 Å². The van der Waals surface area contributed by atoms with Crippen molar-refractivity contribution in [3.8, 4) is 0 Å². The second-order valence-electron chi connectivity index (χ2n) is 4.26. The first-order chi connectivity index (χ1) is 9.66. The van der Waals surface area contributed by atoms with Crippen molar-refractivity contribution in [2.24, 2.45) is 0 Å². The Balaban J connectivity index is 2.75. The number of hydrogen-bond donors (Lipinski definition) is 1. The fraction of sp³-hybridized carbons (Fsp3) is 0.500. The Bertz CT molecular complexity index is 563. The van der Waals surface area contributed by atoms with E-state index in [9.17, 15) is 21.6 Å². The van der Waals surface area contributed by atoms with E-state index in [4.69, 9.17) is 16.3 Å². The van der Waals surface area contributed by atoms with Crippen molar-refractivity contribution in [2.45, 2.75) is 22.9 Å². The zero-order valence-corrected chi connectivity index (χ0v) is 12.7. The molecule has 0 saturated heterocycles. The Morgan fingerprint density at radius 3 is 2.62 bits per heavy atom. The van der Waals surface area contributed by atoms with Crippen molar-refractivity contribution in [3.63, 3.8) is 0 Å². The predicted molar refractivity (Wildman–Crippen MR) is 72.8 cm³/mol. The fourth-order valence-electron chi connectivity index (χ4n) is 1.54. The molecule has 0 fully saturated rings. The maximum Gasteiger partial charge on any atom is 0.416 e. The highest BCUT2D eigenvalue weighted by Gasteiger charge is 2.31. The van der Waals surface area contributed by atoms with Gasteiger partial charge in [0.2, 0.25) is 10.0 Å². The number of nitrogens with one attached hydrogen (secondary N) is 1. The lowest BCUT2D eigenvalue weighted by Crippen LogP contribution is -2.27. The summed E-state index contributed by atoms with van der Waals surface area (Å²) in [7, 11) is -2.54. The van der Waals surface area contributed by atoms with Gasteiger partial charge in [0.15, 0.2) is 0 Å². The van der Waals surface area contributed by atoms with Gasteiger partial charge in [0.05, 0.1) is 22.4 Å². The molecule has 1 rings (SSSR count). The summed E-state index contributed by atoms with van der Waals surface area (Å²) in [5, 5.41) is -0.376. The molecule has 9 heteroatoms. The molecule has 1 N–H and O–H groups in total. The maximum absolute atomic E-state index is 12.6. The lowest BCUT2D eigenvalue weighted by molar-refractivity contribution is -0.137. The SMILES string of the molecule is COCC(Cl)CCNS(=O)(=O)c1cccc(C(F)(F)F)c1. The van der Waals surface area contributed by atoms with Gasteiger partial charge in [-0.05, 0) is 24.6 Å². The zero-order chi connectivity index (χ0) is 16.1. The molecule has 21 heavy (non-hydrogen) atoms. The largest absolute Gasteiger partial charge is 0.416 e. The minimum Gasteiger partial charge on any atom is -0.383 e. The number of benzene rings is 1. The Labute approximate surface area is 126 Å². The van der Waals surface area contributed by atoms with Crippen molar-refractivity contribution in [1.82, 2.24) is 4.72 Å². The average molecular weight is 346 g/mol. The maximum atomic E-state index is 12.6. The molecule has 0 saturated carbocycles. The van der Waals surface area contributed by atoms with Crippen LogP contribution in [-0.2, 0) is 20.9 Å². The topological polar surface area (TPSA) is 55.4 Å². The summed E-state index contributed by atoms with van der Waals surface area (Å²) in [6, 6.07) is 3.56. The third kappa shape index (κ3) is 5.82. The average Bonchev–Trinajstić information content (AvgIpc) is 2.38. The quantitative estimate of drug-likeness (QED) is 0.773. The normalized spacial score (nSPS) is 14.1. The number of sulfonamides is 1. The summed E-state index contributed by atoms with van der Waals surface area (Å²) in [6.07, 6.45) is -4.29. The van der Waals surface area contributed by atoms with Crippen LogP contribution >= 0.6 is 11.6 Å². The van der Waals surface area contributed by atoms with Gasteiger partial charge >= 0.3 is 6.18 Å². The standard InChI is InChI=1S/C12H15ClF3NO3S/c1-20-8-10(13)5-6-17-21(18,19)11-4-2-3-9(7-11)12(14,15)16/h2-4,7,10,17H,5-6,8H2,1H3. The Morgan fingerprint density at radius 1 is 1.38 bits per heavy atom. The van der Waals surface area contributed by atoms with E-state index in [1.807, 2.05) is 0 Å². The van der Waals surface area contributed by atoms with Crippen LogP contribution < -0.4 is 4.72 Å². The summed E-state index contributed by atoms with van der Waals surface area (Å²) in [4.78, 5) is -0.435. The first-order valence-corrected chi connectivity index (χ1v) is 7.88. The van der Waals surface area contributed by atoms with Gasteiger partial charge in [-0.3, -0.25) is 0 Å². The van der Waals surface area contributed by atoms with Crippen LogP contribution in [0.2, 0.25) is 0 Å². The molecule has 120 valence electrons. The highest BCUT2D eigenvalue weighted by atomic mass is 35.5. The molecule has 0 aliphatic heterocycles. The molecule has 0 heterocycles. The molecular formula is C12H15ClF3NO3S. The highest BCUT2D eigenvalue weighted by molar-refractivity contribution is 7.89. The van der Waals surface area contributed by atoms with Crippen molar-refractivity contribution < 1.29 is 26.3 Å². The molecule has 1 unspecified atom stereocenters. The van der Waals surface area contributed by atoms with E-state index in [2.05, 4.69) is 4.72 Å². The lowest BCUT2D eigenvalue weighted by atomic mass is 10.2. The van der Waals surface area contributed by atoms with Crippen molar-refractivity contribution in [1.29, 1.82) is 0 Å². The molecule has 0 aliphatic carbocycles. The van der Waals surface area contributed by atoms with Crippen LogP contribution in [0.3, 0.4) is 0 Å². The molecule has 0 spiro atoms. The predicted octanol–water partition coefficient (Wildman–Crippen LogP) is 2.63. The molecule has 0 radical (unpaired) electrons. The number of ether oxygens (including phenoxy) is 1. The van der Waals surface area contributed by atoms with E-state index in [0.717, 1.165) is 18.2 Å². The third-order valence-electron chi connectivity index (χ3n) is 2.57. The molecule has 0 bridgehead atoms. The summed E-state index contributed by atoms with van der Waals surface area (Å²) >= 11 is 5.83. The van der Waals surface area contributed by atoms with Crippen LogP contribution in [-0.4, -0.2) is 34.1 Å². The lowest BCUT2D eigenvalue weighted by Gasteiger charge is -2.11. The van der Waals surface area contributed by atoms with E-state index in [1.54, 1.807) is 0 Å². The Hall–Kier alpha value is -0.830. The first kappa shape index (κ1) is 18.2. The number of alkyl halides is 4. The van der Waals surface area contributed by atoms with Gasteiger partial charge in [-0.2, -0.15) is 13.2 Å². The van der Waals surface area contributed by atoms with Gasteiger partial charge in [-0.15, -0.1) is 11.6 Å². The van der Waals surface area contributed by atoms with E-state index in [0.29, 0.717) is 12.5 Å². The molecule has 0 aliphatic rings. The number of halogens is 4. The van der Waals surface area contributed by atoms with Gasteiger partial charge in [-0.1, -0.05) is 6.07 Å². The summed E-state index contributed by atoms with van der Waals surface area (Å²) < 4.78 is 68.5. The zero-order valence-electron chi connectivity index (χ0n) is 11.2. The van der Waals surface area contributed by atoms with E-state index >= 15 is 0 Å². The van der Waals surface area contributed by atoms with Gasteiger partial charge in [0.1, 0.15) is 0 Å². The highest BCUT2D eigenvalue weighted by Crippen LogP contribution is 2.30. The molecular weight excluding hydrogens is 331 g/mol. The number of rotatable bonds is 7. The number of hydrogen-bond acceptors (Lipinski definition) is 3. The molecule has 4 nitrogen and oxygen atoms in total. The first-order valence-electron chi connectivity index (χ1n) is 5.97. The van der Waals surface area contributed by atoms with Crippen LogP contribution in [0.15, 0.2) is 29.2 Å². The van der Waals surface area contributed by atoms with Crippen molar-refractivity contribution in [3.05, 3.63) is 29.8 Å². The minimum absolute atomic E-state index is 0.0100. The van der Waals surface area contributed by atoms with Crippen LogP contribution in [0.1, 0.15) is 12.0 Å². The van der Waals surface area contributed by atoms with Crippen LogP contribution in [0.4, 0.5) is 13.2 Å². The molecule has 0 amide bonds. The van der Waals surface area contributed by atoms with Gasteiger partial charge in [-0.25, -0.2) is 13.1 Å². The van der Waals surface area contributed by atoms with Gasteiger partial charge in [0, 0.05) is 13.7 Å². The number of methoxy groups -OCH3 is 1. The van der Waals surface area contributed by atoms with Crippen LogP contribution in [0, 0.1) is 0 Å². The molecule has 1 aromatic carbocycles. The summed E-state index contributed by atoms with van der Waals surface area (Å²) in [5.41, 5.74) is -1.01. The minimum atomic E-state index is -4.59. The summed E-state index contributed by atoms with van der Waals surface area (Å²) in [6.45, 7) is 0.267. The van der Waals surface area contributed by atoms with E-state index in [1.165, 1.54) is 7.11 Å². The van der Waals surface area contributed by atoms with Crippen LogP contribution in [0.5, 0.6) is 0 Å².